The van der Waals surface area contributed by atoms with Crippen LogP contribution < -0.4 is 0 Å². The average molecular weight is 307 g/mol. The number of hydrogen-bond donors (Lipinski definition) is 1. The fourth-order valence-electron chi connectivity index (χ4n) is 3.21. The zero-order valence-electron chi connectivity index (χ0n) is 12.2. The van der Waals surface area contributed by atoms with Crippen LogP contribution in [0.2, 0.25) is 0 Å². The molecule has 1 N–H and O–H groups in total. The first-order chi connectivity index (χ1) is 10.8. The fourth-order valence-corrected chi connectivity index (χ4v) is 3.39. The first-order valence-electron chi connectivity index (χ1n) is 7.56. The molecule has 3 aromatic rings. The molecular formula is C18H17N3S. The molecule has 1 aliphatic rings. The van der Waals surface area contributed by atoms with Gasteiger partial charge in [0.1, 0.15) is 0 Å². The molecule has 110 valence electrons. The maximum atomic E-state index is 5.10. The monoisotopic (exact) mass is 307 g/mol. The number of H-pyrrole nitrogens is 1. The van der Waals surface area contributed by atoms with Crippen LogP contribution >= 0.6 is 12.2 Å². The molecule has 4 heteroatoms. The number of nitrogens with one attached hydrogen (secondary N) is 1. The fraction of sp³-hybridized carbons (Fsp3) is 0.222. The van der Waals surface area contributed by atoms with Gasteiger partial charge in [-0.25, -0.2) is 4.98 Å². The SMILES string of the molecule is S=c1ncc2c([nH]1)CCN(Cc1cccc3ccccc13)C2. The number of nitrogens with zero attached hydrogens (tertiary/aromatic N) is 2. The first-order valence-corrected chi connectivity index (χ1v) is 7.96. The standard InChI is InChI=1S/C18H17N3S/c22-18-19-10-15-12-21(9-8-17(15)20-18)11-14-6-3-5-13-4-1-2-7-16(13)14/h1-7,10H,8-9,11-12H2,(H,19,20,22). The Kier molecular flexibility index (Phi) is 3.48. The van der Waals surface area contributed by atoms with Crippen LogP contribution in [0.3, 0.4) is 0 Å². The second-order valence-electron chi connectivity index (χ2n) is 5.79. The zero-order chi connectivity index (χ0) is 14.9. The molecule has 0 aliphatic carbocycles. The van der Waals surface area contributed by atoms with Crippen LogP contribution in [0.4, 0.5) is 0 Å². The van der Waals surface area contributed by atoms with Crippen molar-refractivity contribution in [1.82, 2.24) is 14.9 Å². The number of aromatic nitrogens is 2. The Hall–Kier alpha value is -2.04. The van der Waals surface area contributed by atoms with Crippen molar-refractivity contribution in [2.45, 2.75) is 19.5 Å². The highest BCUT2D eigenvalue weighted by atomic mass is 32.1. The molecule has 4 rings (SSSR count). The van der Waals surface area contributed by atoms with Gasteiger partial charge in [-0.05, 0) is 28.6 Å². The highest BCUT2D eigenvalue weighted by Gasteiger charge is 2.17. The number of fused-ring (bicyclic) bond motifs is 2. The van der Waals surface area contributed by atoms with Gasteiger partial charge in [0.2, 0.25) is 0 Å². The molecule has 0 unspecified atom stereocenters. The summed E-state index contributed by atoms with van der Waals surface area (Å²) < 4.78 is 0.584. The van der Waals surface area contributed by atoms with Crippen LogP contribution in [0.25, 0.3) is 10.8 Å². The Balaban J connectivity index is 1.61. The van der Waals surface area contributed by atoms with Crippen molar-refractivity contribution in [2.24, 2.45) is 0 Å². The minimum absolute atomic E-state index is 0.584. The van der Waals surface area contributed by atoms with Crippen molar-refractivity contribution in [3.8, 4) is 0 Å². The molecule has 1 aromatic heterocycles. The van der Waals surface area contributed by atoms with Crippen LogP contribution in [0.5, 0.6) is 0 Å². The van der Waals surface area contributed by atoms with Gasteiger partial charge in [0.15, 0.2) is 4.77 Å². The summed E-state index contributed by atoms with van der Waals surface area (Å²) in [6, 6.07) is 15.1. The first kappa shape index (κ1) is 13.6. The Morgan fingerprint density at radius 2 is 2.00 bits per heavy atom. The van der Waals surface area contributed by atoms with E-state index in [1.165, 1.54) is 27.6 Å². The molecule has 0 fully saturated rings. The van der Waals surface area contributed by atoms with E-state index in [4.69, 9.17) is 12.2 Å². The maximum Gasteiger partial charge on any atom is 0.196 e. The Morgan fingerprint density at radius 1 is 1.14 bits per heavy atom. The van der Waals surface area contributed by atoms with E-state index in [0.29, 0.717) is 4.77 Å². The van der Waals surface area contributed by atoms with Gasteiger partial charge in [0, 0.05) is 43.5 Å². The summed E-state index contributed by atoms with van der Waals surface area (Å²) in [6.45, 7) is 2.94. The van der Waals surface area contributed by atoms with E-state index < -0.39 is 0 Å². The molecule has 2 heterocycles. The van der Waals surface area contributed by atoms with Gasteiger partial charge < -0.3 is 4.98 Å². The predicted octanol–water partition coefficient (Wildman–Crippen LogP) is 3.85. The summed E-state index contributed by atoms with van der Waals surface area (Å²) in [6.07, 6.45) is 2.93. The molecule has 0 saturated carbocycles. The van der Waals surface area contributed by atoms with Crippen molar-refractivity contribution in [3.63, 3.8) is 0 Å². The van der Waals surface area contributed by atoms with Gasteiger partial charge in [-0.1, -0.05) is 42.5 Å². The number of aromatic amines is 1. The molecule has 2 aromatic carbocycles. The molecule has 3 nitrogen and oxygen atoms in total. The summed E-state index contributed by atoms with van der Waals surface area (Å²) in [7, 11) is 0. The average Bonchev–Trinajstić information content (AvgIpc) is 2.55. The van der Waals surface area contributed by atoms with Crippen molar-refractivity contribution in [3.05, 3.63) is 70.3 Å². The van der Waals surface area contributed by atoms with Crippen LogP contribution in [0.1, 0.15) is 16.8 Å². The van der Waals surface area contributed by atoms with Gasteiger partial charge in [-0.3, -0.25) is 4.90 Å². The van der Waals surface area contributed by atoms with Gasteiger partial charge in [0.05, 0.1) is 0 Å². The third-order valence-electron chi connectivity index (χ3n) is 4.33. The van der Waals surface area contributed by atoms with E-state index in [-0.39, 0.29) is 0 Å². The molecule has 0 amide bonds. The molecule has 22 heavy (non-hydrogen) atoms. The summed E-state index contributed by atoms with van der Waals surface area (Å²) >= 11 is 5.10. The number of benzene rings is 2. The van der Waals surface area contributed by atoms with Crippen molar-refractivity contribution in [1.29, 1.82) is 0 Å². The normalized spacial score (nSPS) is 14.9. The van der Waals surface area contributed by atoms with E-state index in [0.717, 1.165) is 26.1 Å². The molecule has 1 aliphatic heterocycles. The van der Waals surface area contributed by atoms with E-state index in [1.54, 1.807) is 0 Å². The van der Waals surface area contributed by atoms with E-state index in [9.17, 15) is 0 Å². The van der Waals surface area contributed by atoms with E-state index in [2.05, 4.69) is 57.3 Å². The lowest BCUT2D eigenvalue weighted by Gasteiger charge is -2.28. The summed E-state index contributed by atoms with van der Waals surface area (Å²) in [4.78, 5) is 9.91. The number of rotatable bonds is 2. The van der Waals surface area contributed by atoms with Crippen molar-refractivity contribution in [2.75, 3.05) is 6.54 Å². The topological polar surface area (TPSA) is 31.9 Å². The summed E-state index contributed by atoms with van der Waals surface area (Å²) in [5.41, 5.74) is 3.90. The molecule has 0 spiro atoms. The van der Waals surface area contributed by atoms with Gasteiger partial charge >= 0.3 is 0 Å². The minimum Gasteiger partial charge on any atom is -0.334 e. The third-order valence-corrected chi connectivity index (χ3v) is 4.54. The largest absolute Gasteiger partial charge is 0.334 e. The Morgan fingerprint density at radius 3 is 2.95 bits per heavy atom. The van der Waals surface area contributed by atoms with E-state index in [1.807, 2.05) is 6.20 Å². The highest BCUT2D eigenvalue weighted by molar-refractivity contribution is 7.71. The minimum atomic E-state index is 0.584. The van der Waals surface area contributed by atoms with Crippen LogP contribution in [0, 0.1) is 4.77 Å². The third kappa shape index (κ3) is 2.56. The molecule has 0 saturated heterocycles. The number of hydrogen-bond acceptors (Lipinski definition) is 3. The van der Waals surface area contributed by atoms with Crippen LogP contribution in [-0.4, -0.2) is 21.4 Å². The lowest BCUT2D eigenvalue weighted by atomic mass is 10.0. The summed E-state index contributed by atoms with van der Waals surface area (Å²) in [5.74, 6) is 0. The molecular weight excluding hydrogens is 290 g/mol. The maximum absolute atomic E-state index is 5.10. The lowest BCUT2D eigenvalue weighted by molar-refractivity contribution is 0.243. The zero-order valence-corrected chi connectivity index (χ0v) is 13.1. The van der Waals surface area contributed by atoms with Crippen LogP contribution in [-0.2, 0) is 19.5 Å². The van der Waals surface area contributed by atoms with Crippen molar-refractivity contribution >= 4 is 23.0 Å². The van der Waals surface area contributed by atoms with Crippen LogP contribution in [0.15, 0.2) is 48.7 Å². The smallest absolute Gasteiger partial charge is 0.196 e. The lowest BCUT2D eigenvalue weighted by Crippen LogP contribution is -2.30. The second kappa shape index (κ2) is 5.63. The second-order valence-corrected chi connectivity index (χ2v) is 6.18. The Labute approximate surface area is 134 Å². The molecule has 0 atom stereocenters. The highest BCUT2D eigenvalue weighted by Crippen LogP contribution is 2.23. The van der Waals surface area contributed by atoms with Gasteiger partial charge in [-0.2, -0.15) is 0 Å². The molecule has 0 bridgehead atoms. The summed E-state index contributed by atoms with van der Waals surface area (Å²) in [5, 5.41) is 2.66. The van der Waals surface area contributed by atoms with E-state index >= 15 is 0 Å². The Bertz CT molecular complexity index is 879. The molecule has 0 radical (unpaired) electrons. The van der Waals surface area contributed by atoms with Crippen molar-refractivity contribution < 1.29 is 0 Å². The van der Waals surface area contributed by atoms with Gasteiger partial charge in [0.25, 0.3) is 0 Å². The predicted molar refractivity (Wildman–Crippen MR) is 91.2 cm³/mol. The van der Waals surface area contributed by atoms with Gasteiger partial charge in [-0.15, -0.1) is 0 Å². The quantitative estimate of drug-likeness (QED) is 0.730.